The van der Waals surface area contributed by atoms with E-state index in [1.165, 1.54) is 4.88 Å². The molecule has 0 amide bonds. The van der Waals surface area contributed by atoms with Gasteiger partial charge in [0.2, 0.25) is 0 Å². The van der Waals surface area contributed by atoms with Gasteiger partial charge in [0.05, 0.1) is 7.11 Å². The highest BCUT2D eigenvalue weighted by atomic mass is 79.9. The van der Waals surface area contributed by atoms with Crippen molar-refractivity contribution >= 4 is 27.3 Å². The Morgan fingerprint density at radius 3 is 2.88 bits per heavy atom. The summed E-state index contributed by atoms with van der Waals surface area (Å²) in [7, 11) is 1.68. The van der Waals surface area contributed by atoms with E-state index in [1.807, 2.05) is 23.6 Å². The summed E-state index contributed by atoms with van der Waals surface area (Å²) in [6.07, 6.45) is 0. The number of hydrogen-bond acceptors (Lipinski definition) is 4. The summed E-state index contributed by atoms with van der Waals surface area (Å²) in [5.41, 5.74) is 0. The van der Waals surface area contributed by atoms with Gasteiger partial charge in [-0.3, -0.25) is 0 Å². The summed E-state index contributed by atoms with van der Waals surface area (Å²) in [6.45, 7) is 2.96. The molecule has 0 saturated carbocycles. The second-order valence-corrected chi connectivity index (χ2v) is 5.25. The third kappa shape index (κ3) is 2.91. The van der Waals surface area contributed by atoms with Crippen LogP contribution in [0.4, 0.5) is 0 Å². The maximum absolute atomic E-state index is 5.62. The van der Waals surface area contributed by atoms with E-state index in [0.29, 0.717) is 0 Å². The Morgan fingerprint density at radius 1 is 1.53 bits per heavy atom. The molecule has 3 nitrogen and oxygen atoms in total. The van der Waals surface area contributed by atoms with Gasteiger partial charge in [-0.05, 0) is 40.7 Å². The Balaban J connectivity index is 2.28. The van der Waals surface area contributed by atoms with Crippen molar-refractivity contribution in [3.63, 3.8) is 0 Å². The van der Waals surface area contributed by atoms with E-state index in [9.17, 15) is 0 Å². The number of rotatable bonds is 5. The lowest BCUT2D eigenvalue weighted by molar-refractivity contribution is 0.414. The minimum absolute atomic E-state index is 0.0835. The number of ether oxygens (including phenoxy) is 1. The van der Waals surface area contributed by atoms with Gasteiger partial charge in [0.25, 0.3) is 0 Å². The average Bonchev–Trinajstić information content (AvgIpc) is 2.94. The van der Waals surface area contributed by atoms with Gasteiger partial charge in [-0.15, -0.1) is 11.3 Å². The van der Waals surface area contributed by atoms with Crippen molar-refractivity contribution in [3.8, 4) is 5.75 Å². The molecule has 1 N–H and O–H groups in total. The van der Waals surface area contributed by atoms with E-state index in [4.69, 9.17) is 9.15 Å². The van der Waals surface area contributed by atoms with E-state index >= 15 is 0 Å². The van der Waals surface area contributed by atoms with Crippen LogP contribution in [0.15, 0.2) is 32.7 Å². The number of hydrogen-bond donors (Lipinski definition) is 1. The molecule has 2 heterocycles. The number of nitrogens with one attached hydrogen (secondary N) is 1. The van der Waals surface area contributed by atoms with Gasteiger partial charge < -0.3 is 14.5 Å². The van der Waals surface area contributed by atoms with Crippen molar-refractivity contribution in [3.05, 3.63) is 38.9 Å². The highest BCUT2D eigenvalue weighted by Gasteiger charge is 2.18. The summed E-state index contributed by atoms with van der Waals surface area (Å²) in [4.78, 5) is 1.19. The molecule has 0 bridgehead atoms. The monoisotopic (exact) mass is 315 g/mol. The predicted molar refractivity (Wildman–Crippen MR) is 72.8 cm³/mol. The Hall–Kier alpha value is -0.780. The average molecular weight is 316 g/mol. The maximum atomic E-state index is 5.62. The quantitative estimate of drug-likeness (QED) is 0.911. The lowest BCUT2D eigenvalue weighted by Gasteiger charge is -2.13. The molecular formula is C12H14BrNO2S. The van der Waals surface area contributed by atoms with Crippen molar-refractivity contribution in [2.75, 3.05) is 13.7 Å². The van der Waals surface area contributed by atoms with Crippen LogP contribution >= 0.6 is 27.3 Å². The highest BCUT2D eigenvalue weighted by molar-refractivity contribution is 9.10. The first-order valence-electron chi connectivity index (χ1n) is 5.35. The first-order chi connectivity index (χ1) is 8.24. The zero-order valence-electron chi connectivity index (χ0n) is 9.70. The molecular weight excluding hydrogens is 302 g/mol. The van der Waals surface area contributed by atoms with Crippen LogP contribution in [0.1, 0.15) is 23.6 Å². The summed E-state index contributed by atoms with van der Waals surface area (Å²) in [6, 6.07) is 6.00. The van der Waals surface area contributed by atoms with Gasteiger partial charge in [-0.1, -0.05) is 6.92 Å². The van der Waals surface area contributed by atoms with E-state index in [2.05, 4.69) is 28.2 Å². The summed E-state index contributed by atoms with van der Waals surface area (Å²) >= 11 is 4.99. The Bertz CT molecular complexity index is 480. The van der Waals surface area contributed by atoms with Crippen molar-refractivity contribution < 1.29 is 9.15 Å². The Kier molecular flexibility index (Phi) is 4.25. The van der Waals surface area contributed by atoms with E-state index in [1.54, 1.807) is 18.4 Å². The van der Waals surface area contributed by atoms with Gasteiger partial charge in [0.1, 0.15) is 17.6 Å². The SMILES string of the molecule is CCNC(c1ccc(Br)o1)c1cc(OC)cs1. The number of halogens is 1. The molecule has 0 fully saturated rings. The molecule has 17 heavy (non-hydrogen) atoms. The normalized spacial score (nSPS) is 12.6. The Morgan fingerprint density at radius 2 is 2.35 bits per heavy atom. The van der Waals surface area contributed by atoms with Crippen LogP contribution in [0.3, 0.4) is 0 Å². The largest absolute Gasteiger partial charge is 0.496 e. The highest BCUT2D eigenvalue weighted by Crippen LogP contribution is 2.32. The van der Waals surface area contributed by atoms with Crippen LogP contribution < -0.4 is 10.1 Å². The van der Waals surface area contributed by atoms with Gasteiger partial charge in [-0.2, -0.15) is 0 Å². The maximum Gasteiger partial charge on any atom is 0.169 e. The number of methoxy groups -OCH3 is 1. The lowest BCUT2D eigenvalue weighted by Crippen LogP contribution is -2.20. The molecule has 0 aliphatic carbocycles. The van der Waals surface area contributed by atoms with Gasteiger partial charge in [0, 0.05) is 10.3 Å². The standard InChI is InChI=1S/C12H14BrNO2S/c1-3-14-12(9-4-5-11(13)16-9)10-6-8(15-2)7-17-10/h4-7,12,14H,3H2,1-2H3. The van der Waals surface area contributed by atoms with Gasteiger partial charge in [0.15, 0.2) is 4.67 Å². The Labute approximate surface area is 113 Å². The second-order valence-electron chi connectivity index (χ2n) is 3.52. The molecule has 0 radical (unpaired) electrons. The molecule has 92 valence electrons. The number of thiophene rings is 1. The topological polar surface area (TPSA) is 34.4 Å². The second kappa shape index (κ2) is 5.71. The van der Waals surface area contributed by atoms with Crippen LogP contribution in [-0.2, 0) is 0 Å². The molecule has 2 aromatic heterocycles. The van der Waals surface area contributed by atoms with Crippen LogP contribution in [-0.4, -0.2) is 13.7 Å². The smallest absolute Gasteiger partial charge is 0.169 e. The van der Waals surface area contributed by atoms with Crippen molar-refractivity contribution in [2.24, 2.45) is 0 Å². The fourth-order valence-electron chi connectivity index (χ4n) is 1.62. The van der Waals surface area contributed by atoms with Crippen molar-refractivity contribution in [2.45, 2.75) is 13.0 Å². The fourth-order valence-corrected chi connectivity index (χ4v) is 2.88. The summed E-state index contributed by atoms with van der Waals surface area (Å²) in [5.74, 6) is 1.79. The summed E-state index contributed by atoms with van der Waals surface area (Å²) in [5, 5.41) is 5.40. The molecule has 1 atom stereocenters. The summed E-state index contributed by atoms with van der Waals surface area (Å²) < 4.78 is 11.6. The zero-order valence-corrected chi connectivity index (χ0v) is 12.1. The molecule has 2 rings (SSSR count). The van der Waals surface area contributed by atoms with Crippen molar-refractivity contribution in [1.29, 1.82) is 0 Å². The molecule has 0 aromatic carbocycles. The third-order valence-corrected chi connectivity index (χ3v) is 3.80. The van der Waals surface area contributed by atoms with Crippen LogP contribution in [0.2, 0.25) is 0 Å². The van der Waals surface area contributed by atoms with E-state index < -0.39 is 0 Å². The molecule has 0 saturated heterocycles. The molecule has 0 aliphatic rings. The van der Waals surface area contributed by atoms with Crippen LogP contribution in [0, 0.1) is 0 Å². The van der Waals surface area contributed by atoms with Gasteiger partial charge >= 0.3 is 0 Å². The zero-order chi connectivity index (χ0) is 12.3. The van der Waals surface area contributed by atoms with E-state index in [-0.39, 0.29) is 6.04 Å². The molecule has 1 unspecified atom stereocenters. The van der Waals surface area contributed by atoms with Crippen LogP contribution in [0.25, 0.3) is 0 Å². The molecule has 0 spiro atoms. The molecule has 0 aliphatic heterocycles. The van der Waals surface area contributed by atoms with Crippen molar-refractivity contribution in [1.82, 2.24) is 5.32 Å². The first kappa shape index (κ1) is 12.7. The molecule has 5 heteroatoms. The lowest BCUT2D eigenvalue weighted by atomic mass is 10.2. The third-order valence-electron chi connectivity index (χ3n) is 2.40. The molecule has 2 aromatic rings. The first-order valence-corrected chi connectivity index (χ1v) is 7.03. The van der Waals surface area contributed by atoms with Gasteiger partial charge in [-0.25, -0.2) is 0 Å². The fraction of sp³-hybridized carbons (Fsp3) is 0.333. The number of furan rings is 1. The predicted octanol–water partition coefficient (Wildman–Crippen LogP) is 3.81. The van der Waals surface area contributed by atoms with E-state index in [0.717, 1.165) is 22.7 Å². The van der Waals surface area contributed by atoms with Crippen LogP contribution in [0.5, 0.6) is 5.75 Å². The minimum Gasteiger partial charge on any atom is -0.496 e. The minimum atomic E-state index is 0.0835.